The summed E-state index contributed by atoms with van der Waals surface area (Å²) in [6, 6.07) is 5.97. The molecule has 0 spiro atoms. The lowest BCUT2D eigenvalue weighted by atomic mass is 9.95. The topological polar surface area (TPSA) is 142 Å². The van der Waals surface area contributed by atoms with Gasteiger partial charge in [-0.05, 0) is 50.6 Å². The van der Waals surface area contributed by atoms with Crippen LogP contribution < -0.4 is 24.4 Å². The van der Waals surface area contributed by atoms with Gasteiger partial charge < -0.3 is 19.3 Å². The predicted molar refractivity (Wildman–Crippen MR) is 147 cm³/mol. The molecule has 204 valence electrons. The molecule has 13 heteroatoms. The first kappa shape index (κ1) is 28.0. The third kappa shape index (κ3) is 5.32. The Morgan fingerprint density at radius 3 is 2.64 bits per heavy atom. The van der Waals surface area contributed by atoms with Crippen molar-refractivity contribution in [2.45, 2.75) is 26.8 Å². The van der Waals surface area contributed by atoms with E-state index >= 15 is 0 Å². The smallest absolute Gasteiger partial charge is 0.338 e. The largest absolute Gasteiger partial charge is 0.507 e. The van der Waals surface area contributed by atoms with Crippen molar-refractivity contribution in [1.82, 2.24) is 4.57 Å². The van der Waals surface area contributed by atoms with E-state index in [2.05, 4.69) is 20.9 Å². The predicted octanol–water partition coefficient (Wildman–Crippen LogP) is 3.58. The van der Waals surface area contributed by atoms with Gasteiger partial charge in [0.25, 0.3) is 11.2 Å². The second-order valence-electron chi connectivity index (χ2n) is 8.26. The van der Waals surface area contributed by atoms with Crippen LogP contribution in [0.25, 0.3) is 6.08 Å². The number of fused-ring (bicyclic) bond motifs is 1. The Morgan fingerprint density at radius 1 is 1.26 bits per heavy atom. The SMILES string of the molecule is CCOC(=O)C1=C(C)N=c2s/c(=C/c3cc([N+](=O)[O-])ccc3O)c(=O)n2[C@H]1c1cc(OC)c(OCC)cc1Br. The van der Waals surface area contributed by atoms with Crippen LogP contribution in [0.3, 0.4) is 0 Å². The summed E-state index contributed by atoms with van der Waals surface area (Å²) in [5, 5.41) is 21.5. The Bertz CT molecular complexity index is 1690. The fourth-order valence-corrected chi connectivity index (χ4v) is 5.76. The quantitative estimate of drug-likeness (QED) is 0.229. The second-order valence-corrected chi connectivity index (χ2v) is 10.1. The molecule has 2 heterocycles. The molecule has 0 bridgehead atoms. The molecule has 3 aromatic rings. The van der Waals surface area contributed by atoms with Crippen LogP contribution in [0.2, 0.25) is 0 Å². The maximum absolute atomic E-state index is 13.8. The average Bonchev–Trinajstić information content (AvgIpc) is 3.19. The van der Waals surface area contributed by atoms with E-state index in [0.717, 1.165) is 11.3 Å². The summed E-state index contributed by atoms with van der Waals surface area (Å²) >= 11 is 4.59. The number of halogens is 1. The molecular formula is C26H24BrN3O8S. The van der Waals surface area contributed by atoms with E-state index in [1.807, 2.05) is 6.92 Å². The van der Waals surface area contributed by atoms with Crippen LogP contribution in [-0.2, 0) is 9.53 Å². The van der Waals surface area contributed by atoms with E-state index in [-0.39, 0.29) is 33.7 Å². The van der Waals surface area contributed by atoms with Crippen molar-refractivity contribution in [3.8, 4) is 17.2 Å². The number of aromatic nitrogens is 1. The molecule has 1 aliphatic rings. The zero-order chi connectivity index (χ0) is 28.4. The summed E-state index contributed by atoms with van der Waals surface area (Å²) in [4.78, 5) is 42.4. The average molecular weight is 618 g/mol. The molecule has 0 aliphatic carbocycles. The summed E-state index contributed by atoms with van der Waals surface area (Å²) in [5.41, 5.74) is 0.402. The van der Waals surface area contributed by atoms with Gasteiger partial charge in [-0.3, -0.25) is 19.5 Å². The third-order valence-corrected chi connectivity index (χ3v) is 7.57. The number of thiazole rings is 1. The normalized spacial score (nSPS) is 15.0. The van der Waals surface area contributed by atoms with Gasteiger partial charge in [0.1, 0.15) is 5.75 Å². The number of hydrogen-bond acceptors (Lipinski definition) is 10. The first-order valence-electron chi connectivity index (χ1n) is 11.8. The van der Waals surface area contributed by atoms with Crippen molar-refractivity contribution in [3.63, 3.8) is 0 Å². The lowest BCUT2D eigenvalue weighted by molar-refractivity contribution is -0.384. The van der Waals surface area contributed by atoms with Crippen molar-refractivity contribution >= 4 is 45.0 Å². The number of allylic oxidation sites excluding steroid dienone is 1. The molecule has 2 aromatic carbocycles. The summed E-state index contributed by atoms with van der Waals surface area (Å²) in [5.74, 6) is 0.0126. The van der Waals surface area contributed by atoms with Gasteiger partial charge in [-0.2, -0.15) is 0 Å². The number of rotatable bonds is 8. The molecule has 0 fully saturated rings. The number of esters is 1. The molecule has 11 nitrogen and oxygen atoms in total. The highest BCUT2D eigenvalue weighted by atomic mass is 79.9. The fraction of sp³-hybridized carbons (Fsp3) is 0.269. The molecule has 4 rings (SSSR count). The van der Waals surface area contributed by atoms with Gasteiger partial charge in [0, 0.05) is 22.2 Å². The molecule has 0 amide bonds. The number of ether oxygens (including phenoxy) is 3. The number of nitro benzene ring substituents is 1. The minimum Gasteiger partial charge on any atom is -0.507 e. The number of nitrogens with zero attached hydrogens (tertiary/aromatic N) is 3. The number of hydrogen-bond donors (Lipinski definition) is 1. The van der Waals surface area contributed by atoms with E-state index in [4.69, 9.17) is 14.2 Å². The molecule has 39 heavy (non-hydrogen) atoms. The fourth-order valence-electron chi connectivity index (χ4n) is 4.19. The number of benzene rings is 2. The summed E-state index contributed by atoms with van der Waals surface area (Å²) in [6.07, 6.45) is 1.36. The van der Waals surface area contributed by atoms with Crippen molar-refractivity contribution in [2.24, 2.45) is 4.99 Å². The first-order valence-corrected chi connectivity index (χ1v) is 13.4. The van der Waals surface area contributed by atoms with Crippen LogP contribution in [0, 0.1) is 10.1 Å². The van der Waals surface area contributed by atoms with Crippen LogP contribution >= 0.6 is 27.3 Å². The lowest BCUT2D eigenvalue weighted by Crippen LogP contribution is -2.40. The zero-order valence-electron chi connectivity index (χ0n) is 21.4. The minimum absolute atomic E-state index is 0.0938. The summed E-state index contributed by atoms with van der Waals surface area (Å²) in [7, 11) is 1.49. The summed E-state index contributed by atoms with van der Waals surface area (Å²) < 4.78 is 18.6. The van der Waals surface area contributed by atoms with Crippen LogP contribution in [-0.4, -0.2) is 40.9 Å². The number of nitro groups is 1. The molecule has 0 unspecified atom stereocenters. The van der Waals surface area contributed by atoms with Crippen LogP contribution in [0.15, 0.2) is 55.9 Å². The van der Waals surface area contributed by atoms with Crippen molar-refractivity contribution in [1.29, 1.82) is 0 Å². The van der Waals surface area contributed by atoms with Crippen molar-refractivity contribution < 1.29 is 29.0 Å². The number of phenols is 1. The van der Waals surface area contributed by atoms with E-state index in [1.54, 1.807) is 26.0 Å². The Kier molecular flexibility index (Phi) is 8.21. The lowest BCUT2D eigenvalue weighted by Gasteiger charge is -2.26. The van der Waals surface area contributed by atoms with Gasteiger partial charge in [-0.15, -0.1) is 0 Å². The van der Waals surface area contributed by atoms with E-state index in [0.29, 0.717) is 38.6 Å². The molecule has 1 N–H and O–H groups in total. The number of methoxy groups -OCH3 is 1. The van der Waals surface area contributed by atoms with Gasteiger partial charge in [0.2, 0.25) is 0 Å². The molecule has 1 atom stereocenters. The van der Waals surface area contributed by atoms with Gasteiger partial charge in [0.15, 0.2) is 16.3 Å². The van der Waals surface area contributed by atoms with Gasteiger partial charge >= 0.3 is 5.97 Å². The first-order chi connectivity index (χ1) is 18.6. The number of non-ortho nitro benzene ring substituents is 1. The Morgan fingerprint density at radius 2 is 2.00 bits per heavy atom. The van der Waals surface area contributed by atoms with E-state index < -0.39 is 22.5 Å². The second kappa shape index (κ2) is 11.4. The van der Waals surface area contributed by atoms with Crippen LogP contribution in [0.4, 0.5) is 5.69 Å². The van der Waals surface area contributed by atoms with Crippen molar-refractivity contribution in [3.05, 3.63) is 87.0 Å². The van der Waals surface area contributed by atoms with Gasteiger partial charge in [0.05, 0.1) is 47.1 Å². The molecule has 0 saturated carbocycles. The number of carbonyl (C=O) groups excluding carboxylic acids is 1. The highest BCUT2D eigenvalue weighted by Crippen LogP contribution is 2.41. The Labute approximate surface area is 234 Å². The molecule has 1 aromatic heterocycles. The minimum atomic E-state index is -0.944. The Balaban J connectivity index is 2.01. The summed E-state index contributed by atoms with van der Waals surface area (Å²) in [6.45, 7) is 5.69. The number of carbonyl (C=O) groups is 1. The van der Waals surface area contributed by atoms with Crippen LogP contribution in [0.1, 0.15) is 37.9 Å². The van der Waals surface area contributed by atoms with Gasteiger partial charge in [-0.1, -0.05) is 27.3 Å². The molecular weight excluding hydrogens is 594 g/mol. The molecule has 1 aliphatic heterocycles. The number of aromatic hydroxyl groups is 1. The number of phenolic OH excluding ortho intramolecular Hbond substituents is 1. The van der Waals surface area contributed by atoms with Crippen LogP contribution in [0.5, 0.6) is 17.2 Å². The highest BCUT2D eigenvalue weighted by molar-refractivity contribution is 9.10. The Hall–Kier alpha value is -3.97. The van der Waals surface area contributed by atoms with Gasteiger partial charge in [-0.25, -0.2) is 9.79 Å². The van der Waals surface area contributed by atoms with E-state index in [1.165, 1.54) is 36.0 Å². The standard InChI is InChI=1S/C26H24BrN3O8S/c1-5-37-20-12-17(27)16(11-19(20)36-4)23-22(25(33)38-6-2)13(3)28-26-29(23)24(32)21(39-26)10-14-9-15(30(34)35)7-8-18(14)31/h7-12,23,31H,5-6H2,1-4H3/b21-10+/t23-/m0/s1. The molecule has 0 radical (unpaired) electrons. The van der Waals surface area contributed by atoms with E-state index in [9.17, 15) is 24.8 Å². The maximum Gasteiger partial charge on any atom is 0.338 e. The maximum atomic E-state index is 13.8. The zero-order valence-corrected chi connectivity index (χ0v) is 23.8. The highest BCUT2D eigenvalue weighted by Gasteiger charge is 2.35. The monoisotopic (exact) mass is 617 g/mol. The molecule has 0 saturated heterocycles. The third-order valence-electron chi connectivity index (χ3n) is 5.90. The van der Waals surface area contributed by atoms with Crippen molar-refractivity contribution in [2.75, 3.05) is 20.3 Å².